The van der Waals surface area contributed by atoms with Crippen molar-refractivity contribution in [3.63, 3.8) is 0 Å². The highest BCUT2D eigenvalue weighted by Crippen LogP contribution is 2.25. The molecule has 2 aromatic carbocycles. The average Bonchev–Trinajstić information content (AvgIpc) is 3.31. The van der Waals surface area contributed by atoms with E-state index in [0.717, 1.165) is 10.5 Å². The lowest BCUT2D eigenvalue weighted by Gasteiger charge is -2.20. The van der Waals surface area contributed by atoms with Crippen molar-refractivity contribution in [3.05, 3.63) is 83.9 Å². The van der Waals surface area contributed by atoms with E-state index in [-0.39, 0.29) is 31.6 Å². The summed E-state index contributed by atoms with van der Waals surface area (Å²) >= 11 is 0. The summed E-state index contributed by atoms with van der Waals surface area (Å²) in [4.78, 5) is 30.4. The average molecular weight is 507 g/mol. The number of nitrogens with zero attached hydrogens (tertiary/aromatic N) is 4. The van der Waals surface area contributed by atoms with Crippen LogP contribution < -0.4 is 10.6 Å². The molecular formula is C26H27FN6O4. The first kappa shape index (κ1) is 25.6. The van der Waals surface area contributed by atoms with Gasteiger partial charge in [0.25, 0.3) is 0 Å². The number of carbonyl (C=O) groups excluding carboxylic acids is 1. The van der Waals surface area contributed by atoms with Crippen molar-refractivity contribution < 1.29 is 23.8 Å². The number of ether oxygens (including phenoxy) is 1. The number of fused-ring (bicyclic) bond motifs is 1. The van der Waals surface area contributed by atoms with E-state index in [0.29, 0.717) is 22.3 Å². The molecule has 0 aliphatic heterocycles. The van der Waals surface area contributed by atoms with E-state index in [9.17, 15) is 19.1 Å². The van der Waals surface area contributed by atoms with Gasteiger partial charge in [-0.25, -0.2) is 23.6 Å². The van der Waals surface area contributed by atoms with Gasteiger partial charge in [0.1, 0.15) is 11.6 Å². The van der Waals surface area contributed by atoms with Crippen LogP contribution in [0.1, 0.15) is 24.2 Å². The van der Waals surface area contributed by atoms with Gasteiger partial charge in [-0.05, 0) is 42.8 Å². The molecule has 0 unspecified atom stereocenters. The third kappa shape index (κ3) is 6.19. The second-order valence-electron chi connectivity index (χ2n) is 8.35. The maximum absolute atomic E-state index is 13.5. The Labute approximate surface area is 212 Å². The van der Waals surface area contributed by atoms with Gasteiger partial charge in [-0.2, -0.15) is 5.10 Å². The molecule has 192 valence electrons. The first-order valence-electron chi connectivity index (χ1n) is 11.6. The number of aromatic nitrogens is 3. The Morgan fingerprint density at radius 2 is 1.89 bits per heavy atom. The smallest absolute Gasteiger partial charge is 0.407 e. The number of nitrogens with one attached hydrogen (secondary N) is 2. The Morgan fingerprint density at radius 1 is 1.16 bits per heavy atom. The lowest BCUT2D eigenvalue weighted by molar-refractivity contribution is 0.115. The van der Waals surface area contributed by atoms with E-state index < -0.39 is 17.9 Å². The molecule has 4 aromatic rings. The standard InChI is InChI=1S/C26H27FN6O4/c1-17(18-6-4-3-5-7-18)29-25(34)31-23-14-19-15-28-33(21-10-8-20(27)9-11-21)24(19)22(30-23)16-32(26(35)36)12-13-37-2/h3-11,14-15,17H,12-13,16H2,1-2H3,(H,35,36)(H2,29,30,31,34)/t17-/m1/s1. The molecule has 0 saturated heterocycles. The van der Waals surface area contributed by atoms with Crippen LogP contribution in [0, 0.1) is 5.82 Å². The molecule has 0 saturated carbocycles. The summed E-state index contributed by atoms with van der Waals surface area (Å²) in [5.41, 5.74) is 2.43. The largest absolute Gasteiger partial charge is 0.465 e. The number of carbonyl (C=O) groups is 2. The third-order valence-corrected chi connectivity index (χ3v) is 5.75. The van der Waals surface area contributed by atoms with Crippen LogP contribution in [0.3, 0.4) is 0 Å². The van der Waals surface area contributed by atoms with Gasteiger partial charge >= 0.3 is 12.1 Å². The zero-order valence-corrected chi connectivity index (χ0v) is 20.4. The molecule has 10 nitrogen and oxygen atoms in total. The second-order valence-corrected chi connectivity index (χ2v) is 8.35. The van der Waals surface area contributed by atoms with Gasteiger partial charge in [0.05, 0.1) is 42.3 Å². The van der Waals surface area contributed by atoms with Crippen LogP contribution in [-0.4, -0.2) is 57.2 Å². The van der Waals surface area contributed by atoms with Gasteiger partial charge < -0.3 is 20.1 Å². The summed E-state index contributed by atoms with van der Waals surface area (Å²) in [7, 11) is 1.49. The van der Waals surface area contributed by atoms with Gasteiger partial charge in [-0.1, -0.05) is 30.3 Å². The highest BCUT2D eigenvalue weighted by molar-refractivity contribution is 5.92. The quantitative estimate of drug-likeness (QED) is 0.306. The molecule has 1 atom stereocenters. The van der Waals surface area contributed by atoms with E-state index in [4.69, 9.17) is 4.74 Å². The lowest BCUT2D eigenvalue weighted by Crippen LogP contribution is -2.33. The molecular weight excluding hydrogens is 479 g/mol. The zero-order valence-electron chi connectivity index (χ0n) is 20.4. The van der Waals surface area contributed by atoms with Crippen molar-refractivity contribution >= 4 is 28.8 Å². The maximum atomic E-state index is 13.5. The molecule has 0 aliphatic rings. The third-order valence-electron chi connectivity index (χ3n) is 5.75. The zero-order chi connectivity index (χ0) is 26.4. The summed E-state index contributed by atoms with van der Waals surface area (Å²) in [6.07, 6.45) is 0.437. The fourth-order valence-corrected chi connectivity index (χ4v) is 3.88. The minimum absolute atomic E-state index is 0.0837. The first-order chi connectivity index (χ1) is 17.9. The van der Waals surface area contributed by atoms with Gasteiger partial charge in [-0.3, -0.25) is 5.32 Å². The fourth-order valence-electron chi connectivity index (χ4n) is 3.88. The topological polar surface area (TPSA) is 122 Å². The summed E-state index contributed by atoms with van der Waals surface area (Å²) in [6, 6.07) is 16.2. The number of pyridine rings is 1. The summed E-state index contributed by atoms with van der Waals surface area (Å²) in [6.45, 7) is 2.10. The Kier molecular flexibility index (Phi) is 7.94. The number of urea groups is 1. The Balaban J connectivity index is 1.67. The van der Waals surface area contributed by atoms with Crippen molar-refractivity contribution in [3.8, 4) is 5.69 Å². The minimum Gasteiger partial charge on any atom is -0.465 e. The summed E-state index contributed by atoms with van der Waals surface area (Å²) in [5.74, 6) is -0.159. The number of anilines is 1. The molecule has 0 bridgehead atoms. The van der Waals surface area contributed by atoms with Crippen LogP contribution in [0.2, 0.25) is 0 Å². The van der Waals surface area contributed by atoms with E-state index in [2.05, 4.69) is 20.7 Å². The number of amides is 3. The number of rotatable bonds is 9. The normalized spacial score (nSPS) is 11.8. The molecule has 37 heavy (non-hydrogen) atoms. The van der Waals surface area contributed by atoms with Crippen LogP contribution in [0.25, 0.3) is 16.6 Å². The van der Waals surface area contributed by atoms with Crippen LogP contribution >= 0.6 is 0 Å². The number of halogens is 1. The van der Waals surface area contributed by atoms with Crippen molar-refractivity contribution in [2.45, 2.75) is 19.5 Å². The highest BCUT2D eigenvalue weighted by atomic mass is 19.1. The van der Waals surface area contributed by atoms with E-state index >= 15 is 0 Å². The molecule has 2 aromatic heterocycles. The summed E-state index contributed by atoms with van der Waals surface area (Å²) in [5, 5.41) is 20.4. The van der Waals surface area contributed by atoms with Crippen LogP contribution in [0.4, 0.5) is 19.8 Å². The predicted molar refractivity (Wildman–Crippen MR) is 136 cm³/mol. The molecule has 0 aliphatic carbocycles. The molecule has 3 amide bonds. The van der Waals surface area contributed by atoms with Gasteiger partial charge in [0.15, 0.2) is 0 Å². The number of methoxy groups -OCH3 is 1. The first-order valence-corrected chi connectivity index (χ1v) is 11.6. The van der Waals surface area contributed by atoms with Crippen molar-refractivity contribution in [2.75, 3.05) is 25.6 Å². The highest BCUT2D eigenvalue weighted by Gasteiger charge is 2.20. The molecule has 0 fully saturated rings. The number of hydrogen-bond donors (Lipinski definition) is 3. The monoisotopic (exact) mass is 506 g/mol. The van der Waals surface area contributed by atoms with Crippen LogP contribution in [0.15, 0.2) is 66.9 Å². The van der Waals surface area contributed by atoms with E-state index in [1.165, 1.54) is 19.2 Å². The maximum Gasteiger partial charge on any atom is 0.407 e. The number of benzene rings is 2. The number of hydrogen-bond acceptors (Lipinski definition) is 5. The van der Waals surface area contributed by atoms with Gasteiger partial charge in [-0.15, -0.1) is 0 Å². The van der Waals surface area contributed by atoms with E-state index in [1.54, 1.807) is 29.1 Å². The molecule has 2 heterocycles. The van der Waals surface area contributed by atoms with Crippen molar-refractivity contribution in [1.29, 1.82) is 0 Å². The summed E-state index contributed by atoms with van der Waals surface area (Å²) < 4.78 is 20.1. The second kappa shape index (κ2) is 11.5. The van der Waals surface area contributed by atoms with Crippen molar-refractivity contribution in [1.82, 2.24) is 25.0 Å². The molecule has 3 N–H and O–H groups in total. The Hall–Kier alpha value is -4.51. The van der Waals surface area contributed by atoms with Crippen LogP contribution in [-0.2, 0) is 11.3 Å². The van der Waals surface area contributed by atoms with Crippen LogP contribution in [0.5, 0.6) is 0 Å². The number of carboxylic acid groups (broad SMARTS) is 1. The molecule has 4 rings (SSSR count). The van der Waals surface area contributed by atoms with Crippen molar-refractivity contribution in [2.24, 2.45) is 0 Å². The van der Waals surface area contributed by atoms with Gasteiger partial charge in [0, 0.05) is 19.0 Å². The minimum atomic E-state index is -1.15. The predicted octanol–water partition coefficient (Wildman–Crippen LogP) is 4.57. The van der Waals surface area contributed by atoms with E-state index in [1.807, 2.05) is 37.3 Å². The molecule has 0 spiro atoms. The molecule has 11 heteroatoms. The fraction of sp³-hybridized carbons (Fsp3) is 0.231. The Bertz CT molecular complexity index is 1380. The Morgan fingerprint density at radius 3 is 2.57 bits per heavy atom. The lowest BCUT2D eigenvalue weighted by atomic mass is 10.1. The van der Waals surface area contributed by atoms with Gasteiger partial charge in [0.2, 0.25) is 0 Å². The SMILES string of the molecule is COCCN(Cc1nc(NC(=O)N[C@H](C)c2ccccc2)cc2cnn(-c3ccc(F)cc3)c12)C(=O)O. The molecule has 0 radical (unpaired) electrons.